The average Bonchev–Trinajstić information content (AvgIpc) is 3.04. The lowest BCUT2D eigenvalue weighted by Gasteiger charge is -2.05. The Hall–Kier alpha value is -2.49. The highest BCUT2D eigenvalue weighted by Gasteiger charge is 2.05. The van der Waals surface area contributed by atoms with Gasteiger partial charge in [0.2, 0.25) is 5.89 Å². The summed E-state index contributed by atoms with van der Waals surface area (Å²) in [6.45, 7) is 8.53. The Morgan fingerprint density at radius 3 is 2.17 bits per heavy atom. The molecule has 4 heteroatoms. The van der Waals surface area contributed by atoms with Gasteiger partial charge in [-0.05, 0) is 49.4 Å². The second kappa shape index (κ2) is 8.22. The highest BCUT2D eigenvalue weighted by Crippen LogP contribution is 2.17. The van der Waals surface area contributed by atoms with Crippen molar-refractivity contribution in [1.82, 2.24) is 15.0 Å². The van der Waals surface area contributed by atoms with Crippen molar-refractivity contribution in [2.75, 3.05) is 0 Å². The average molecular weight is 309 g/mol. The third kappa shape index (κ3) is 5.02. The number of pyridine rings is 2. The van der Waals surface area contributed by atoms with E-state index in [9.17, 15) is 0 Å². The molecule has 0 saturated heterocycles. The van der Waals surface area contributed by atoms with Crippen molar-refractivity contribution < 1.29 is 4.42 Å². The fourth-order valence-corrected chi connectivity index (χ4v) is 2.17. The number of hydrogen-bond acceptors (Lipinski definition) is 4. The van der Waals surface area contributed by atoms with Crippen LogP contribution in [0.5, 0.6) is 0 Å². The molecule has 3 aromatic heterocycles. The van der Waals surface area contributed by atoms with E-state index in [1.165, 1.54) is 11.3 Å². The molecule has 3 rings (SSSR count). The minimum Gasteiger partial charge on any atom is -0.443 e. The van der Waals surface area contributed by atoms with Gasteiger partial charge in [-0.25, -0.2) is 4.98 Å². The summed E-state index contributed by atoms with van der Waals surface area (Å²) >= 11 is 0. The smallest absolute Gasteiger partial charge is 0.245 e. The summed E-state index contributed by atoms with van der Waals surface area (Å²) in [5.74, 6) is 1.27. The minimum atomic E-state index is 0.577. The Labute approximate surface area is 137 Å². The van der Waals surface area contributed by atoms with Crippen LogP contribution >= 0.6 is 0 Å². The van der Waals surface area contributed by atoms with Crippen LogP contribution in [0.15, 0.2) is 53.5 Å². The maximum atomic E-state index is 5.13. The predicted molar refractivity (Wildman–Crippen MR) is 92.0 cm³/mol. The molecule has 0 aliphatic carbocycles. The normalized spacial score (nSPS) is 10.3. The standard InChI is InChI=1S/C10H15N.C9H8N2O/c1-8(2)7-10-9(3)5-4-6-11-10;1-7-3-2-4-10-8(7)9-11-5-6-12-9/h4-6,8H,7H2,1-3H3;2-6H,1H3. The first-order chi connectivity index (χ1) is 11.1. The molecule has 120 valence electrons. The SMILES string of the molecule is Cc1cccnc1-c1ncco1.Cc1cccnc1CC(C)C. The Morgan fingerprint density at radius 1 is 0.913 bits per heavy atom. The van der Waals surface area contributed by atoms with Crippen LogP contribution < -0.4 is 0 Å². The summed E-state index contributed by atoms with van der Waals surface area (Å²) in [5, 5.41) is 0. The van der Waals surface area contributed by atoms with E-state index in [-0.39, 0.29) is 0 Å². The fraction of sp³-hybridized carbons (Fsp3) is 0.316. The molecule has 0 unspecified atom stereocenters. The molecule has 3 heterocycles. The van der Waals surface area contributed by atoms with E-state index in [0.717, 1.165) is 17.7 Å². The molecular weight excluding hydrogens is 286 g/mol. The van der Waals surface area contributed by atoms with Crippen molar-refractivity contribution in [3.05, 3.63) is 65.9 Å². The van der Waals surface area contributed by atoms with Crippen molar-refractivity contribution >= 4 is 0 Å². The molecule has 0 atom stereocenters. The number of hydrogen-bond donors (Lipinski definition) is 0. The number of aromatic nitrogens is 3. The molecule has 0 bridgehead atoms. The van der Waals surface area contributed by atoms with Crippen LogP contribution in [0.2, 0.25) is 0 Å². The van der Waals surface area contributed by atoms with Crippen LogP contribution in [0.25, 0.3) is 11.6 Å². The zero-order valence-electron chi connectivity index (χ0n) is 14.2. The van der Waals surface area contributed by atoms with E-state index in [0.29, 0.717) is 11.8 Å². The van der Waals surface area contributed by atoms with Gasteiger partial charge in [0.1, 0.15) is 12.0 Å². The minimum absolute atomic E-state index is 0.577. The topological polar surface area (TPSA) is 51.8 Å². The van der Waals surface area contributed by atoms with Gasteiger partial charge >= 0.3 is 0 Å². The van der Waals surface area contributed by atoms with E-state index in [2.05, 4.69) is 41.8 Å². The molecule has 0 aromatic carbocycles. The van der Waals surface area contributed by atoms with Gasteiger partial charge in [-0.3, -0.25) is 9.97 Å². The van der Waals surface area contributed by atoms with Crippen LogP contribution in [-0.2, 0) is 6.42 Å². The first-order valence-corrected chi connectivity index (χ1v) is 7.80. The van der Waals surface area contributed by atoms with E-state index in [4.69, 9.17) is 4.42 Å². The van der Waals surface area contributed by atoms with Gasteiger partial charge in [0.25, 0.3) is 0 Å². The van der Waals surface area contributed by atoms with Crippen molar-refractivity contribution in [2.45, 2.75) is 34.1 Å². The molecule has 0 N–H and O–H groups in total. The second-order valence-corrected chi connectivity index (χ2v) is 5.87. The Morgan fingerprint density at radius 2 is 1.61 bits per heavy atom. The van der Waals surface area contributed by atoms with Gasteiger partial charge in [0.05, 0.1) is 6.20 Å². The number of oxazole rings is 1. The highest BCUT2D eigenvalue weighted by atomic mass is 16.3. The van der Waals surface area contributed by atoms with Crippen LogP contribution in [-0.4, -0.2) is 15.0 Å². The Bertz CT molecular complexity index is 721. The summed E-state index contributed by atoms with van der Waals surface area (Å²) in [6, 6.07) is 7.97. The van der Waals surface area contributed by atoms with Gasteiger partial charge < -0.3 is 4.42 Å². The lowest BCUT2D eigenvalue weighted by atomic mass is 10.0. The largest absolute Gasteiger partial charge is 0.443 e. The molecule has 4 nitrogen and oxygen atoms in total. The van der Waals surface area contributed by atoms with Gasteiger partial charge in [0, 0.05) is 18.1 Å². The second-order valence-electron chi connectivity index (χ2n) is 5.87. The first kappa shape index (κ1) is 16.9. The quantitative estimate of drug-likeness (QED) is 0.707. The summed E-state index contributed by atoms with van der Waals surface area (Å²) in [7, 11) is 0. The van der Waals surface area contributed by atoms with Crippen LogP contribution in [0.1, 0.15) is 30.7 Å². The van der Waals surface area contributed by atoms with E-state index >= 15 is 0 Å². The lowest BCUT2D eigenvalue weighted by Crippen LogP contribution is -1.98. The molecule has 0 aliphatic heterocycles. The summed E-state index contributed by atoms with van der Waals surface area (Å²) in [4.78, 5) is 12.5. The Balaban J connectivity index is 0.000000168. The summed E-state index contributed by atoms with van der Waals surface area (Å²) in [6.07, 6.45) is 7.84. The van der Waals surface area contributed by atoms with Crippen molar-refractivity contribution in [1.29, 1.82) is 0 Å². The van der Waals surface area contributed by atoms with Gasteiger partial charge in [0.15, 0.2) is 0 Å². The van der Waals surface area contributed by atoms with Crippen LogP contribution in [0.3, 0.4) is 0 Å². The van der Waals surface area contributed by atoms with Gasteiger partial charge in [-0.2, -0.15) is 0 Å². The van der Waals surface area contributed by atoms with Crippen molar-refractivity contribution in [3.8, 4) is 11.6 Å². The third-order valence-corrected chi connectivity index (χ3v) is 3.36. The number of rotatable bonds is 3. The predicted octanol–water partition coefficient (Wildman–Crippen LogP) is 4.63. The van der Waals surface area contributed by atoms with E-state index in [1.54, 1.807) is 18.7 Å². The maximum absolute atomic E-state index is 5.13. The number of aryl methyl sites for hydroxylation is 2. The molecule has 23 heavy (non-hydrogen) atoms. The highest BCUT2D eigenvalue weighted by molar-refractivity contribution is 5.51. The molecule has 0 fully saturated rings. The zero-order valence-corrected chi connectivity index (χ0v) is 14.2. The van der Waals surface area contributed by atoms with Crippen molar-refractivity contribution in [3.63, 3.8) is 0 Å². The van der Waals surface area contributed by atoms with E-state index in [1.807, 2.05) is 31.3 Å². The summed E-state index contributed by atoms with van der Waals surface area (Å²) in [5.41, 5.74) is 4.42. The zero-order chi connectivity index (χ0) is 16.7. The Kier molecular flexibility index (Phi) is 6.03. The maximum Gasteiger partial charge on any atom is 0.245 e. The molecular formula is C19H23N3O. The molecule has 3 aromatic rings. The van der Waals surface area contributed by atoms with Crippen LogP contribution in [0, 0.1) is 19.8 Å². The molecule has 0 aliphatic rings. The molecule has 0 radical (unpaired) electrons. The lowest BCUT2D eigenvalue weighted by molar-refractivity contribution is 0.571. The molecule has 0 spiro atoms. The monoisotopic (exact) mass is 309 g/mol. The van der Waals surface area contributed by atoms with Gasteiger partial charge in [-0.15, -0.1) is 0 Å². The van der Waals surface area contributed by atoms with Crippen molar-refractivity contribution in [2.24, 2.45) is 5.92 Å². The fourth-order valence-electron chi connectivity index (χ4n) is 2.17. The molecule has 0 saturated carbocycles. The van der Waals surface area contributed by atoms with Crippen LogP contribution in [0.4, 0.5) is 0 Å². The van der Waals surface area contributed by atoms with Gasteiger partial charge in [-0.1, -0.05) is 26.0 Å². The number of nitrogens with zero attached hydrogens (tertiary/aromatic N) is 3. The van der Waals surface area contributed by atoms with E-state index < -0.39 is 0 Å². The summed E-state index contributed by atoms with van der Waals surface area (Å²) < 4.78 is 5.13. The third-order valence-electron chi connectivity index (χ3n) is 3.36. The first-order valence-electron chi connectivity index (χ1n) is 7.80. The molecule has 0 amide bonds.